The summed E-state index contributed by atoms with van der Waals surface area (Å²) in [6.45, 7) is 6.92. The Labute approximate surface area is 91.9 Å². The molecule has 0 amide bonds. The molecule has 0 bridgehead atoms. The molecule has 78 valence electrons. The first-order valence-corrected chi connectivity index (χ1v) is 5.42. The van der Waals surface area contributed by atoms with E-state index >= 15 is 0 Å². The lowest BCUT2D eigenvalue weighted by molar-refractivity contribution is -0.0951. The standard InChI is InChI=1S/C10H14BrNO2/c1-9(2)6-12-10(3,14-9)7-4-5-8(11)13-7/h4-5,12H,6H2,1-3H3. The number of rotatable bonds is 1. The summed E-state index contributed by atoms with van der Waals surface area (Å²) in [7, 11) is 0. The van der Waals surface area contributed by atoms with E-state index in [0.717, 1.165) is 17.0 Å². The molecule has 0 spiro atoms. The van der Waals surface area contributed by atoms with Crippen LogP contribution in [0.2, 0.25) is 0 Å². The van der Waals surface area contributed by atoms with Gasteiger partial charge >= 0.3 is 0 Å². The van der Waals surface area contributed by atoms with E-state index in [-0.39, 0.29) is 5.60 Å². The molecule has 1 saturated heterocycles. The van der Waals surface area contributed by atoms with Crippen molar-refractivity contribution in [3.8, 4) is 0 Å². The molecule has 2 heterocycles. The smallest absolute Gasteiger partial charge is 0.175 e. The number of halogens is 1. The summed E-state index contributed by atoms with van der Waals surface area (Å²) in [5.41, 5.74) is -0.649. The number of furan rings is 1. The summed E-state index contributed by atoms with van der Waals surface area (Å²) in [6.07, 6.45) is 0. The van der Waals surface area contributed by atoms with Gasteiger partial charge in [0, 0.05) is 6.54 Å². The van der Waals surface area contributed by atoms with Crippen molar-refractivity contribution in [1.29, 1.82) is 0 Å². The maximum absolute atomic E-state index is 5.91. The molecule has 3 nitrogen and oxygen atoms in total. The van der Waals surface area contributed by atoms with Gasteiger partial charge in [0.05, 0.1) is 5.60 Å². The quantitative estimate of drug-likeness (QED) is 0.842. The third kappa shape index (κ3) is 1.74. The fourth-order valence-electron chi connectivity index (χ4n) is 1.71. The normalized spacial score (nSPS) is 30.9. The van der Waals surface area contributed by atoms with Crippen LogP contribution in [0.3, 0.4) is 0 Å². The lowest BCUT2D eigenvalue weighted by Crippen LogP contribution is -2.34. The van der Waals surface area contributed by atoms with Crippen LogP contribution in [-0.2, 0) is 10.5 Å². The van der Waals surface area contributed by atoms with Crippen molar-refractivity contribution < 1.29 is 9.15 Å². The van der Waals surface area contributed by atoms with Crippen LogP contribution in [0.5, 0.6) is 0 Å². The van der Waals surface area contributed by atoms with Gasteiger partial charge < -0.3 is 9.15 Å². The van der Waals surface area contributed by atoms with Crippen molar-refractivity contribution >= 4 is 15.9 Å². The van der Waals surface area contributed by atoms with Crippen molar-refractivity contribution in [3.63, 3.8) is 0 Å². The van der Waals surface area contributed by atoms with E-state index in [0.29, 0.717) is 0 Å². The van der Waals surface area contributed by atoms with Gasteiger partial charge in [0.25, 0.3) is 0 Å². The predicted octanol–water partition coefficient (Wildman–Crippen LogP) is 2.61. The van der Waals surface area contributed by atoms with Crippen molar-refractivity contribution in [2.45, 2.75) is 32.1 Å². The van der Waals surface area contributed by atoms with E-state index in [1.807, 2.05) is 19.1 Å². The zero-order chi connectivity index (χ0) is 10.4. The van der Waals surface area contributed by atoms with Crippen LogP contribution < -0.4 is 5.32 Å². The Morgan fingerprint density at radius 1 is 1.36 bits per heavy atom. The number of hydrogen-bond acceptors (Lipinski definition) is 3. The highest BCUT2D eigenvalue weighted by molar-refractivity contribution is 9.10. The van der Waals surface area contributed by atoms with E-state index in [1.165, 1.54) is 0 Å². The summed E-state index contributed by atoms with van der Waals surface area (Å²) in [4.78, 5) is 0. The fourth-order valence-corrected chi connectivity index (χ4v) is 2.02. The van der Waals surface area contributed by atoms with Crippen molar-refractivity contribution in [3.05, 3.63) is 22.6 Å². The first-order chi connectivity index (χ1) is 6.41. The third-order valence-corrected chi connectivity index (χ3v) is 2.80. The minimum absolute atomic E-state index is 0.145. The highest BCUT2D eigenvalue weighted by Crippen LogP contribution is 2.35. The van der Waals surface area contributed by atoms with Gasteiger partial charge in [-0.2, -0.15) is 0 Å². The fraction of sp³-hybridized carbons (Fsp3) is 0.600. The molecule has 0 aromatic carbocycles. The molecule has 1 atom stereocenters. The zero-order valence-electron chi connectivity index (χ0n) is 8.56. The molecular weight excluding hydrogens is 246 g/mol. The molecule has 1 aliphatic rings. The number of ether oxygens (including phenoxy) is 1. The van der Waals surface area contributed by atoms with Crippen molar-refractivity contribution in [2.24, 2.45) is 0 Å². The van der Waals surface area contributed by atoms with Gasteiger partial charge in [-0.3, -0.25) is 5.32 Å². The van der Waals surface area contributed by atoms with Gasteiger partial charge in [-0.25, -0.2) is 0 Å². The van der Waals surface area contributed by atoms with E-state index in [2.05, 4.69) is 35.1 Å². The van der Waals surface area contributed by atoms with Crippen LogP contribution >= 0.6 is 15.9 Å². The van der Waals surface area contributed by atoms with Crippen LogP contribution in [0.1, 0.15) is 26.5 Å². The Balaban J connectivity index is 2.27. The van der Waals surface area contributed by atoms with E-state index in [4.69, 9.17) is 9.15 Å². The second-order valence-electron chi connectivity index (χ2n) is 4.35. The molecule has 1 aliphatic heterocycles. The van der Waals surface area contributed by atoms with Crippen LogP contribution in [0.4, 0.5) is 0 Å². The van der Waals surface area contributed by atoms with Crippen LogP contribution in [-0.4, -0.2) is 12.1 Å². The van der Waals surface area contributed by atoms with Gasteiger partial charge in [-0.05, 0) is 48.8 Å². The molecule has 0 saturated carbocycles. The average Bonchev–Trinajstić information content (AvgIpc) is 2.57. The average molecular weight is 260 g/mol. The molecule has 0 aliphatic carbocycles. The Bertz CT molecular complexity index is 348. The van der Waals surface area contributed by atoms with Crippen molar-refractivity contribution in [2.75, 3.05) is 6.54 Å². The lowest BCUT2D eigenvalue weighted by Gasteiger charge is -2.24. The number of nitrogens with one attached hydrogen (secondary N) is 1. The Hall–Kier alpha value is -0.320. The first kappa shape index (κ1) is 10.2. The monoisotopic (exact) mass is 259 g/mol. The van der Waals surface area contributed by atoms with Crippen molar-refractivity contribution in [1.82, 2.24) is 5.32 Å². The Kier molecular flexibility index (Phi) is 2.25. The number of hydrogen-bond donors (Lipinski definition) is 1. The van der Waals surface area contributed by atoms with Crippen LogP contribution in [0.15, 0.2) is 21.2 Å². The third-order valence-electron chi connectivity index (χ3n) is 2.38. The highest BCUT2D eigenvalue weighted by atomic mass is 79.9. The topological polar surface area (TPSA) is 34.4 Å². The van der Waals surface area contributed by atoms with Crippen LogP contribution in [0.25, 0.3) is 0 Å². The molecule has 2 rings (SSSR count). The molecule has 1 unspecified atom stereocenters. The van der Waals surface area contributed by atoms with Gasteiger partial charge in [0.2, 0.25) is 0 Å². The SMILES string of the molecule is CC1(C)CNC(C)(c2ccc(Br)o2)O1. The van der Waals surface area contributed by atoms with Gasteiger partial charge in [-0.15, -0.1) is 0 Å². The first-order valence-electron chi connectivity index (χ1n) is 4.62. The summed E-state index contributed by atoms with van der Waals surface area (Å²) in [6, 6.07) is 3.79. The minimum atomic E-state index is -0.504. The molecule has 1 fully saturated rings. The van der Waals surface area contributed by atoms with Gasteiger partial charge in [-0.1, -0.05) is 0 Å². The second kappa shape index (κ2) is 3.08. The largest absolute Gasteiger partial charge is 0.450 e. The maximum atomic E-state index is 5.91. The summed E-state index contributed by atoms with van der Waals surface area (Å²) >= 11 is 3.28. The van der Waals surface area contributed by atoms with E-state index in [1.54, 1.807) is 0 Å². The summed E-state index contributed by atoms with van der Waals surface area (Å²) in [5, 5.41) is 3.32. The Morgan fingerprint density at radius 3 is 2.50 bits per heavy atom. The highest BCUT2D eigenvalue weighted by Gasteiger charge is 2.43. The minimum Gasteiger partial charge on any atom is -0.450 e. The molecule has 1 aromatic heterocycles. The lowest BCUT2D eigenvalue weighted by atomic mass is 10.1. The molecule has 1 aromatic rings. The van der Waals surface area contributed by atoms with E-state index < -0.39 is 5.72 Å². The Morgan fingerprint density at radius 2 is 2.07 bits per heavy atom. The molecule has 4 heteroatoms. The molecular formula is C10H14BrNO2. The van der Waals surface area contributed by atoms with Crippen LogP contribution in [0, 0.1) is 0 Å². The second-order valence-corrected chi connectivity index (χ2v) is 5.13. The molecule has 0 radical (unpaired) electrons. The maximum Gasteiger partial charge on any atom is 0.175 e. The van der Waals surface area contributed by atoms with Gasteiger partial charge in [0.1, 0.15) is 0 Å². The zero-order valence-corrected chi connectivity index (χ0v) is 10.1. The predicted molar refractivity (Wildman–Crippen MR) is 56.9 cm³/mol. The van der Waals surface area contributed by atoms with Gasteiger partial charge in [0.15, 0.2) is 16.2 Å². The molecule has 14 heavy (non-hydrogen) atoms. The summed E-state index contributed by atoms with van der Waals surface area (Å²) < 4.78 is 12.1. The molecule has 1 N–H and O–H groups in total. The summed E-state index contributed by atoms with van der Waals surface area (Å²) in [5.74, 6) is 0.801. The van der Waals surface area contributed by atoms with E-state index in [9.17, 15) is 0 Å².